The number of carboxylic acid groups (broad SMARTS) is 1. The van der Waals surface area contributed by atoms with Crippen LogP contribution >= 0.6 is 11.6 Å². The van der Waals surface area contributed by atoms with Crippen molar-refractivity contribution in [2.75, 3.05) is 13.2 Å². The maximum absolute atomic E-state index is 13.8. The van der Waals surface area contributed by atoms with E-state index in [0.29, 0.717) is 51.9 Å². The number of pyridine rings is 1. The van der Waals surface area contributed by atoms with E-state index in [1.165, 1.54) is 34.6 Å². The Morgan fingerprint density at radius 3 is 2.61 bits per heavy atom. The van der Waals surface area contributed by atoms with Crippen LogP contribution in [0.2, 0.25) is 5.02 Å². The number of benzene rings is 2. The van der Waals surface area contributed by atoms with Crippen LogP contribution in [0, 0.1) is 0 Å². The van der Waals surface area contributed by atoms with Gasteiger partial charge in [-0.3, -0.25) is 4.98 Å². The first-order valence-corrected chi connectivity index (χ1v) is 11.8. The topological polar surface area (TPSA) is 108 Å². The van der Waals surface area contributed by atoms with Crippen LogP contribution in [0.1, 0.15) is 21.6 Å². The SMILES string of the molecule is O=C(O)c1cncc(Cc2cc3cc(Cl)ccc3n2S(=O)(=O)c2ccc3c(c2)OCCO3)c1. The minimum Gasteiger partial charge on any atom is -0.486 e. The molecule has 0 aliphatic carbocycles. The molecule has 1 aliphatic rings. The van der Waals surface area contributed by atoms with Crippen molar-refractivity contribution in [3.05, 3.63) is 82.8 Å². The average Bonchev–Trinajstić information content (AvgIpc) is 3.16. The van der Waals surface area contributed by atoms with Gasteiger partial charge in [0.25, 0.3) is 10.0 Å². The van der Waals surface area contributed by atoms with Crippen LogP contribution in [-0.2, 0) is 16.4 Å². The number of carbonyl (C=O) groups is 1. The number of carboxylic acids is 1. The van der Waals surface area contributed by atoms with Gasteiger partial charge in [0, 0.05) is 41.0 Å². The summed E-state index contributed by atoms with van der Waals surface area (Å²) in [7, 11) is -4.04. The highest BCUT2D eigenvalue weighted by atomic mass is 35.5. The first-order chi connectivity index (χ1) is 15.8. The zero-order chi connectivity index (χ0) is 23.2. The number of aromatic carboxylic acids is 1. The second-order valence-corrected chi connectivity index (χ2v) is 9.70. The van der Waals surface area contributed by atoms with Gasteiger partial charge in [-0.15, -0.1) is 0 Å². The molecule has 2 aromatic carbocycles. The molecule has 3 heterocycles. The molecule has 5 rings (SSSR count). The van der Waals surface area contributed by atoms with E-state index in [4.69, 9.17) is 21.1 Å². The van der Waals surface area contributed by atoms with Crippen LogP contribution in [0.25, 0.3) is 10.9 Å². The summed E-state index contributed by atoms with van der Waals surface area (Å²) in [6, 6.07) is 12.6. The van der Waals surface area contributed by atoms with Crippen LogP contribution in [-0.4, -0.2) is 41.7 Å². The standard InChI is InChI=1S/C23H17ClN2O6S/c24-17-1-3-20-15(9-17)10-18(8-14-7-16(23(27)28)13-25-12-14)26(20)33(29,30)19-2-4-21-22(11-19)32-6-5-31-21/h1-4,7,9-13H,5-6,8H2,(H,27,28). The molecule has 0 spiro atoms. The smallest absolute Gasteiger partial charge is 0.337 e. The lowest BCUT2D eigenvalue weighted by Gasteiger charge is -2.19. The Bertz CT molecular complexity index is 1510. The van der Waals surface area contributed by atoms with E-state index in [1.54, 1.807) is 30.3 Å². The fourth-order valence-electron chi connectivity index (χ4n) is 3.83. The molecule has 0 saturated carbocycles. The maximum atomic E-state index is 13.8. The van der Waals surface area contributed by atoms with Gasteiger partial charge >= 0.3 is 5.97 Å². The van der Waals surface area contributed by atoms with Crippen LogP contribution in [0.4, 0.5) is 0 Å². The third kappa shape index (κ3) is 3.90. The highest BCUT2D eigenvalue weighted by Crippen LogP contribution is 2.35. The molecular weight excluding hydrogens is 468 g/mol. The van der Waals surface area contributed by atoms with E-state index < -0.39 is 16.0 Å². The number of rotatable bonds is 5. The summed E-state index contributed by atoms with van der Waals surface area (Å²) >= 11 is 6.14. The van der Waals surface area contributed by atoms with Crippen molar-refractivity contribution in [3.63, 3.8) is 0 Å². The van der Waals surface area contributed by atoms with Crippen molar-refractivity contribution in [1.29, 1.82) is 0 Å². The van der Waals surface area contributed by atoms with Gasteiger partial charge in [0.2, 0.25) is 0 Å². The highest BCUT2D eigenvalue weighted by molar-refractivity contribution is 7.90. The summed E-state index contributed by atoms with van der Waals surface area (Å²) in [5.74, 6) is -0.261. The number of aromatic nitrogens is 2. The van der Waals surface area contributed by atoms with Gasteiger partial charge in [0.15, 0.2) is 11.5 Å². The zero-order valence-corrected chi connectivity index (χ0v) is 18.6. The highest BCUT2D eigenvalue weighted by Gasteiger charge is 2.26. The number of halogens is 1. The Balaban J connectivity index is 1.67. The molecule has 0 atom stereocenters. The van der Waals surface area contributed by atoms with Crippen molar-refractivity contribution in [2.24, 2.45) is 0 Å². The number of hydrogen-bond donors (Lipinski definition) is 1. The van der Waals surface area contributed by atoms with Crippen molar-refractivity contribution in [1.82, 2.24) is 8.96 Å². The first kappa shape index (κ1) is 21.3. The Morgan fingerprint density at radius 2 is 1.82 bits per heavy atom. The Kier molecular flexibility index (Phi) is 5.22. The van der Waals surface area contributed by atoms with Gasteiger partial charge in [-0.25, -0.2) is 17.2 Å². The number of ether oxygens (including phenoxy) is 2. The summed E-state index contributed by atoms with van der Waals surface area (Å²) in [6.07, 6.45) is 2.90. The third-order valence-corrected chi connectivity index (χ3v) is 7.27. The molecular formula is C23H17ClN2O6S. The molecule has 1 aliphatic heterocycles. The fourth-order valence-corrected chi connectivity index (χ4v) is 5.56. The molecule has 0 unspecified atom stereocenters. The summed E-state index contributed by atoms with van der Waals surface area (Å²) in [6.45, 7) is 0.731. The predicted octanol–water partition coefficient (Wildman–Crippen LogP) is 3.99. The van der Waals surface area contributed by atoms with Gasteiger partial charge in [0.1, 0.15) is 13.2 Å². The van der Waals surface area contributed by atoms with E-state index in [2.05, 4.69) is 4.98 Å². The third-order valence-electron chi connectivity index (χ3n) is 5.27. The normalized spacial score (nSPS) is 13.2. The molecule has 0 radical (unpaired) electrons. The minimum atomic E-state index is -4.04. The lowest BCUT2D eigenvalue weighted by molar-refractivity contribution is 0.0696. The number of hydrogen-bond acceptors (Lipinski definition) is 6. The van der Waals surface area contributed by atoms with Crippen molar-refractivity contribution < 1.29 is 27.8 Å². The van der Waals surface area contributed by atoms with Crippen molar-refractivity contribution >= 4 is 38.5 Å². The molecule has 8 nitrogen and oxygen atoms in total. The zero-order valence-electron chi connectivity index (χ0n) is 17.1. The summed E-state index contributed by atoms with van der Waals surface area (Å²) < 4.78 is 39.9. The number of fused-ring (bicyclic) bond motifs is 2. The second-order valence-electron chi connectivity index (χ2n) is 7.48. The molecule has 4 aromatic rings. The average molecular weight is 485 g/mol. The van der Waals surface area contributed by atoms with Crippen molar-refractivity contribution in [3.8, 4) is 11.5 Å². The van der Waals surface area contributed by atoms with Gasteiger partial charge in [-0.2, -0.15) is 0 Å². The predicted molar refractivity (Wildman–Crippen MR) is 121 cm³/mol. The Hall–Kier alpha value is -3.56. The summed E-state index contributed by atoms with van der Waals surface area (Å²) in [4.78, 5) is 15.4. The second kappa shape index (κ2) is 8.09. The molecule has 10 heteroatoms. The van der Waals surface area contributed by atoms with Gasteiger partial charge in [0.05, 0.1) is 16.0 Å². The molecule has 0 bridgehead atoms. The molecule has 1 N–H and O–H groups in total. The van der Waals surface area contributed by atoms with E-state index in [9.17, 15) is 18.3 Å². The van der Waals surface area contributed by atoms with Crippen LogP contribution in [0.5, 0.6) is 11.5 Å². The lowest BCUT2D eigenvalue weighted by atomic mass is 10.1. The molecule has 2 aromatic heterocycles. The monoisotopic (exact) mass is 484 g/mol. The lowest BCUT2D eigenvalue weighted by Crippen LogP contribution is -2.18. The van der Waals surface area contributed by atoms with Gasteiger partial charge < -0.3 is 14.6 Å². The van der Waals surface area contributed by atoms with Crippen LogP contribution < -0.4 is 9.47 Å². The Labute approximate surface area is 194 Å². The van der Waals surface area contributed by atoms with E-state index in [1.807, 2.05) is 0 Å². The quantitative estimate of drug-likeness (QED) is 0.456. The largest absolute Gasteiger partial charge is 0.486 e. The number of nitrogens with zero attached hydrogens (tertiary/aromatic N) is 2. The van der Waals surface area contributed by atoms with Gasteiger partial charge in [-0.05, 0) is 48.0 Å². The van der Waals surface area contributed by atoms with E-state index in [0.717, 1.165) is 0 Å². The minimum absolute atomic E-state index is 0.0212. The van der Waals surface area contributed by atoms with Crippen LogP contribution in [0.3, 0.4) is 0 Å². The Morgan fingerprint density at radius 1 is 1.03 bits per heavy atom. The molecule has 0 amide bonds. The molecule has 168 valence electrons. The van der Waals surface area contributed by atoms with E-state index in [-0.39, 0.29) is 16.9 Å². The van der Waals surface area contributed by atoms with Gasteiger partial charge in [-0.1, -0.05) is 11.6 Å². The first-order valence-electron chi connectivity index (χ1n) is 9.95. The molecule has 0 saturated heterocycles. The summed E-state index contributed by atoms with van der Waals surface area (Å²) in [5.41, 5.74) is 1.47. The molecule has 0 fully saturated rings. The fraction of sp³-hybridized carbons (Fsp3) is 0.130. The summed E-state index contributed by atoms with van der Waals surface area (Å²) in [5, 5.41) is 10.4. The maximum Gasteiger partial charge on any atom is 0.337 e. The van der Waals surface area contributed by atoms with E-state index >= 15 is 0 Å². The molecule has 33 heavy (non-hydrogen) atoms. The van der Waals surface area contributed by atoms with Crippen molar-refractivity contribution in [2.45, 2.75) is 11.3 Å². The van der Waals surface area contributed by atoms with Crippen LogP contribution in [0.15, 0.2) is 65.8 Å².